The molecular formula is C16H15F3N8O. The van der Waals surface area contributed by atoms with Gasteiger partial charge in [-0.1, -0.05) is 18.2 Å². The van der Waals surface area contributed by atoms with Gasteiger partial charge in [0.25, 0.3) is 11.9 Å². The predicted octanol–water partition coefficient (Wildman–Crippen LogP) is 1.25. The van der Waals surface area contributed by atoms with E-state index in [0.717, 1.165) is 23.3 Å². The monoisotopic (exact) mass is 392 g/mol. The fraction of sp³-hybridized carbons (Fsp3) is 0.312. The molecule has 0 spiro atoms. The second-order valence-corrected chi connectivity index (χ2v) is 6.27. The van der Waals surface area contributed by atoms with Crippen LogP contribution in [0.1, 0.15) is 39.0 Å². The van der Waals surface area contributed by atoms with Crippen LogP contribution >= 0.6 is 0 Å². The number of hydrogen-bond donors (Lipinski definition) is 3. The van der Waals surface area contributed by atoms with E-state index in [2.05, 4.69) is 30.8 Å². The highest BCUT2D eigenvalue weighted by Crippen LogP contribution is 2.26. The van der Waals surface area contributed by atoms with Crippen molar-refractivity contribution < 1.29 is 18.0 Å². The molecular weight excluding hydrogens is 377 g/mol. The molecule has 1 aromatic carbocycles. The Labute approximate surface area is 156 Å². The minimum absolute atomic E-state index is 0.182. The van der Waals surface area contributed by atoms with Gasteiger partial charge in [-0.3, -0.25) is 9.89 Å². The lowest BCUT2D eigenvalue weighted by molar-refractivity contribution is -0.144. The molecule has 0 radical (unpaired) electrons. The third kappa shape index (κ3) is 3.45. The van der Waals surface area contributed by atoms with Gasteiger partial charge in [-0.15, -0.1) is 10.2 Å². The highest BCUT2D eigenvalue weighted by molar-refractivity contribution is 5.90. The molecule has 1 amide bonds. The summed E-state index contributed by atoms with van der Waals surface area (Å²) in [6.07, 6.45) is -4.66. The number of carbonyl (C=O) groups is 1. The molecule has 3 N–H and O–H groups in total. The van der Waals surface area contributed by atoms with Crippen LogP contribution in [0.25, 0.3) is 5.95 Å². The quantitative estimate of drug-likeness (QED) is 0.616. The largest absolute Gasteiger partial charge is 0.451 e. The first-order valence-electron chi connectivity index (χ1n) is 8.34. The van der Waals surface area contributed by atoms with E-state index in [9.17, 15) is 18.0 Å². The zero-order valence-electron chi connectivity index (χ0n) is 14.6. The number of alkyl halides is 3. The average Bonchev–Trinajstić information content (AvgIpc) is 3.37. The molecule has 28 heavy (non-hydrogen) atoms. The summed E-state index contributed by atoms with van der Waals surface area (Å²) >= 11 is 0. The smallest absolute Gasteiger partial charge is 0.345 e. The summed E-state index contributed by atoms with van der Waals surface area (Å²) in [6, 6.07) is 5.95. The maximum atomic E-state index is 12.6. The van der Waals surface area contributed by atoms with E-state index < -0.39 is 17.9 Å². The normalized spacial score (nSPS) is 13.6. The van der Waals surface area contributed by atoms with Crippen molar-refractivity contribution >= 4 is 5.91 Å². The summed E-state index contributed by atoms with van der Waals surface area (Å²) in [5.41, 5.74) is 3.35. The van der Waals surface area contributed by atoms with Gasteiger partial charge < -0.3 is 10.6 Å². The number of aryl methyl sites for hydroxylation is 1. The highest BCUT2D eigenvalue weighted by Gasteiger charge is 2.35. The second kappa shape index (κ2) is 6.71. The summed E-state index contributed by atoms with van der Waals surface area (Å²) in [6.45, 7) is 3.39. The van der Waals surface area contributed by atoms with Crippen LogP contribution in [0.2, 0.25) is 0 Å². The molecule has 0 saturated heterocycles. The van der Waals surface area contributed by atoms with Gasteiger partial charge in [-0.05, 0) is 23.6 Å². The fourth-order valence-electron chi connectivity index (χ4n) is 2.87. The van der Waals surface area contributed by atoms with Crippen molar-refractivity contribution in [1.82, 2.24) is 40.6 Å². The minimum atomic E-state index is -4.66. The van der Waals surface area contributed by atoms with Gasteiger partial charge in [0.2, 0.25) is 11.6 Å². The molecule has 0 atom stereocenters. The molecule has 1 aliphatic heterocycles. The van der Waals surface area contributed by atoms with Crippen LogP contribution in [-0.2, 0) is 25.8 Å². The first-order chi connectivity index (χ1) is 13.3. The Morgan fingerprint density at radius 2 is 2.04 bits per heavy atom. The third-order valence-corrected chi connectivity index (χ3v) is 4.26. The van der Waals surface area contributed by atoms with Gasteiger partial charge in [0.15, 0.2) is 0 Å². The predicted molar refractivity (Wildman–Crippen MR) is 89.2 cm³/mol. The number of halogens is 3. The van der Waals surface area contributed by atoms with Crippen LogP contribution in [0.4, 0.5) is 13.2 Å². The van der Waals surface area contributed by atoms with Gasteiger partial charge in [0.1, 0.15) is 5.82 Å². The summed E-state index contributed by atoms with van der Waals surface area (Å²) in [7, 11) is 0. The zero-order chi connectivity index (χ0) is 19.9. The fourth-order valence-corrected chi connectivity index (χ4v) is 2.87. The van der Waals surface area contributed by atoms with E-state index in [-0.39, 0.29) is 24.1 Å². The lowest BCUT2D eigenvalue weighted by atomic mass is 10.1. The molecule has 9 nitrogen and oxygen atoms in total. The number of aromatic nitrogens is 6. The topological polar surface area (TPSA) is 113 Å². The molecule has 3 aromatic rings. The SMILES string of the molecule is Cc1nc(C(=O)NCc2ccc3c(c2)CNC3)nn1-c1n[nH]c(C(F)(F)F)n1. The van der Waals surface area contributed by atoms with E-state index in [4.69, 9.17) is 0 Å². The summed E-state index contributed by atoms with van der Waals surface area (Å²) in [5.74, 6) is -2.15. The number of H-pyrrole nitrogens is 1. The van der Waals surface area contributed by atoms with E-state index >= 15 is 0 Å². The summed E-state index contributed by atoms with van der Waals surface area (Å²) in [5, 5.41) is 15.1. The summed E-state index contributed by atoms with van der Waals surface area (Å²) < 4.78 is 38.9. The van der Waals surface area contributed by atoms with Crippen LogP contribution in [0.5, 0.6) is 0 Å². The summed E-state index contributed by atoms with van der Waals surface area (Å²) in [4.78, 5) is 19.6. The second-order valence-electron chi connectivity index (χ2n) is 6.27. The number of amides is 1. The lowest BCUT2D eigenvalue weighted by Crippen LogP contribution is -2.24. The Kier molecular flexibility index (Phi) is 4.34. The number of fused-ring (bicyclic) bond motifs is 1. The van der Waals surface area contributed by atoms with Crippen LogP contribution < -0.4 is 10.6 Å². The Morgan fingerprint density at radius 1 is 1.25 bits per heavy atom. The molecule has 146 valence electrons. The van der Waals surface area contributed by atoms with Crippen LogP contribution in [0, 0.1) is 6.92 Å². The number of carbonyl (C=O) groups excluding carboxylic acids is 1. The number of nitrogens with zero attached hydrogens (tertiary/aromatic N) is 5. The molecule has 4 rings (SSSR count). The molecule has 0 unspecified atom stereocenters. The maximum absolute atomic E-state index is 12.6. The third-order valence-electron chi connectivity index (χ3n) is 4.26. The molecule has 3 heterocycles. The van der Waals surface area contributed by atoms with Gasteiger partial charge in [-0.25, -0.2) is 4.98 Å². The first kappa shape index (κ1) is 18.1. The number of rotatable bonds is 4. The molecule has 0 bridgehead atoms. The van der Waals surface area contributed by atoms with E-state index in [0.29, 0.717) is 0 Å². The molecule has 2 aromatic heterocycles. The molecule has 1 aliphatic rings. The molecule has 0 fully saturated rings. The molecule has 0 aliphatic carbocycles. The Balaban J connectivity index is 1.47. The van der Waals surface area contributed by atoms with Crippen molar-refractivity contribution in [3.05, 3.63) is 52.4 Å². The number of aromatic amines is 1. The van der Waals surface area contributed by atoms with Gasteiger partial charge >= 0.3 is 6.18 Å². The highest BCUT2D eigenvalue weighted by atomic mass is 19.4. The first-order valence-corrected chi connectivity index (χ1v) is 8.34. The number of nitrogens with one attached hydrogen (secondary N) is 3. The van der Waals surface area contributed by atoms with Crippen LogP contribution in [-0.4, -0.2) is 35.9 Å². The average molecular weight is 392 g/mol. The molecule has 0 saturated carbocycles. The number of hydrogen-bond acceptors (Lipinski definition) is 6. The van der Waals surface area contributed by atoms with Gasteiger partial charge in [-0.2, -0.15) is 22.8 Å². The van der Waals surface area contributed by atoms with Crippen LogP contribution in [0.3, 0.4) is 0 Å². The standard InChI is InChI=1S/C16H15F3N8O/c1-8-22-12(26-27(8)15-23-14(24-25-15)16(17,18)19)13(28)21-5-9-2-3-10-6-20-7-11(10)4-9/h2-4,20H,5-7H2,1H3,(H,21,28)(H,23,24,25). The lowest BCUT2D eigenvalue weighted by Gasteiger charge is -2.05. The van der Waals surface area contributed by atoms with Crippen molar-refractivity contribution in [2.75, 3.05) is 0 Å². The van der Waals surface area contributed by atoms with Crippen molar-refractivity contribution in [3.8, 4) is 5.95 Å². The van der Waals surface area contributed by atoms with Crippen molar-refractivity contribution in [2.24, 2.45) is 0 Å². The number of benzene rings is 1. The van der Waals surface area contributed by atoms with E-state index in [1.165, 1.54) is 18.1 Å². The Bertz CT molecular complexity index is 1040. The molecule has 12 heteroatoms. The maximum Gasteiger partial charge on any atom is 0.451 e. The van der Waals surface area contributed by atoms with Crippen molar-refractivity contribution in [1.29, 1.82) is 0 Å². The Hall–Kier alpha value is -3.28. The van der Waals surface area contributed by atoms with E-state index in [1.807, 2.05) is 18.2 Å². The van der Waals surface area contributed by atoms with E-state index in [1.54, 1.807) is 5.10 Å². The Morgan fingerprint density at radius 3 is 2.79 bits per heavy atom. The van der Waals surface area contributed by atoms with Crippen molar-refractivity contribution in [2.45, 2.75) is 32.7 Å². The zero-order valence-corrected chi connectivity index (χ0v) is 14.6. The van der Waals surface area contributed by atoms with Crippen molar-refractivity contribution in [3.63, 3.8) is 0 Å². The van der Waals surface area contributed by atoms with Crippen LogP contribution in [0.15, 0.2) is 18.2 Å². The van der Waals surface area contributed by atoms with Gasteiger partial charge in [0.05, 0.1) is 0 Å². The minimum Gasteiger partial charge on any atom is -0.345 e. The van der Waals surface area contributed by atoms with Gasteiger partial charge in [0, 0.05) is 19.6 Å².